The van der Waals surface area contributed by atoms with E-state index < -0.39 is 40.6 Å². The van der Waals surface area contributed by atoms with Gasteiger partial charge in [0.2, 0.25) is 0 Å². The number of aliphatic hydroxyl groups excluding tert-OH is 1. The minimum Gasteiger partial charge on any atom is -0.507 e. The topological polar surface area (TPSA) is 134 Å². The summed E-state index contributed by atoms with van der Waals surface area (Å²) in [6.45, 7) is 2.04. The molecule has 30 heavy (non-hydrogen) atoms. The van der Waals surface area contributed by atoms with Gasteiger partial charge < -0.3 is 29.9 Å². The molecule has 0 saturated carbocycles. The maximum atomic E-state index is 13.1. The lowest BCUT2D eigenvalue weighted by atomic mass is 9.71. The van der Waals surface area contributed by atoms with Gasteiger partial charge in [0.15, 0.2) is 17.4 Å². The second kappa shape index (κ2) is 6.12. The van der Waals surface area contributed by atoms with Crippen molar-refractivity contribution in [2.45, 2.75) is 37.3 Å². The second-order valence-electron chi connectivity index (χ2n) is 8.03. The summed E-state index contributed by atoms with van der Waals surface area (Å²) in [5.74, 6) is -3.88. The fourth-order valence-corrected chi connectivity index (χ4v) is 4.76. The van der Waals surface area contributed by atoms with E-state index >= 15 is 0 Å². The second-order valence-corrected chi connectivity index (χ2v) is 8.03. The number of rotatable bonds is 1. The number of hydrogen-bond acceptors (Lipinski definition) is 8. The Bertz CT molecular complexity index is 1110. The highest BCUT2D eigenvalue weighted by molar-refractivity contribution is 6.30. The molecule has 8 heteroatoms. The van der Waals surface area contributed by atoms with Crippen LogP contribution in [-0.4, -0.2) is 56.6 Å². The molecule has 3 aliphatic rings. The van der Waals surface area contributed by atoms with Crippen LogP contribution in [-0.2, 0) is 15.9 Å². The predicted molar refractivity (Wildman–Crippen MR) is 100 cm³/mol. The van der Waals surface area contributed by atoms with Crippen molar-refractivity contribution >= 4 is 11.6 Å². The van der Waals surface area contributed by atoms with Gasteiger partial charge in [-0.25, -0.2) is 0 Å². The van der Waals surface area contributed by atoms with E-state index in [9.17, 15) is 30.0 Å². The third kappa shape index (κ3) is 2.30. The van der Waals surface area contributed by atoms with Crippen LogP contribution in [0, 0.1) is 6.07 Å². The Morgan fingerprint density at radius 2 is 1.77 bits per heavy atom. The third-order valence-electron chi connectivity index (χ3n) is 6.39. The first-order valence-corrected chi connectivity index (χ1v) is 9.57. The quantitative estimate of drug-likeness (QED) is 0.438. The number of carbonyl (C=O) groups excluding carboxylic acids is 2. The molecule has 1 heterocycles. The predicted octanol–water partition coefficient (Wildman–Crippen LogP) is 1.15. The lowest BCUT2D eigenvalue weighted by Gasteiger charge is -2.45. The fraction of sp³-hybridized carbons (Fsp3) is 0.364. The SMILES string of the molecule is CC1([C@]2(O)Cc3c(O)c4c(c(O)c3[C@@H](O)C2)C(=O)c2[c]cccc2C4=O)OCCO1. The molecule has 155 valence electrons. The molecule has 8 nitrogen and oxygen atoms in total. The maximum absolute atomic E-state index is 13.1. The Morgan fingerprint density at radius 3 is 2.47 bits per heavy atom. The molecule has 5 rings (SSSR count). The first-order chi connectivity index (χ1) is 14.2. The fourth-order valence-electron chi connectivity index (χ4n) is 4.76. The van der Waals surface area contributed by atoms with Gasteiger partial charge in [-0.1, -0.05) is 18.2 Å². The van der Waals surface area contributed by atoms with Gasteiger partial charge in [0, 0.05) is 35.1 Å². The Hall–Kier alpha value is -2.78. The number of benzene rings is 2. The van der Waals surface area contributed by atoms with Crippen LogP contribution < -0.4 is 0 Å². The number of fused-ring (bicyclic) bond motifs is 3. The van der Waals surface area contributed by atoms with Gasteiger partial charge >= 0.3 is 0 Å². The molecule has 1 fully saturated rings. The molecule has 1 radical (unpaired) electrons. The van der Waals surface area contributed by atoms with Crippen LogP contribution >= 0.6 is 0 Å². The monoisotopic (exact) mass is 411 g/mol. The molecular weight excluding hydrogens is 392 g/mol. The molecule has 2 aromatic rings. The van der Waals surface area contributed by atoms with E-state index in [0.717, 1.165) is 0 Å². The lowest BCUT2D eigenvalue weighted by Crippen LogP contribution is -2.57. The molecule has 0 bridgehead atoms. The molecule has 1 saturated heterocycles. The molecule has 0 amide bonds. The zero-order chi connectivity index (χ0) is 21.4. The van der Waals surface area contributed by atoms with Gasteiger partial charge in [-0.05, 0) is 13.0 Å². The van der Waals surface area contributed by atoms with Gasteiger partial charge in [0.05, 0.1) is 30.4 Å². The number of phenolic OH excluding ortho intramolecular Hbond substituents is 2. The van der Waals surface area contributed by atoms with E-state index in [1.165, 1.54) is 19.1 Å². The van der Waals surface area contributed by atoms with Gasteiger partial charge in [0.25, 0.3) is 0 Å². The summed E-state index contributed by atoms with van der Waals surface area (Å²) in [6, 6.07) is 7.16. The molecule has 0 spiro atoms. The minimum absolute atomic E-state index is 0.00767. The van der Waals surface area contributed by atoms with Crippen molar-refractivity contribution < 1.29 is 39.5 Å². The number of aromatic hydroxyl groups is 2. The number of ether oxygens (including phenoxy) is 2. The average molecular weight is 411 g/mol. The van der Waals surface area contributed by atoms with Crippen molar-refractivity contribution in [3.63, 3.8) is 0 Å². The molecule has 0 aromatic heterocycles. The minimum atomic E-state index is -1.73. The van der Waals surface area contributed by atoms with Gasteiger partial charge in [-0.15, -0.1) is 0 Å². The van der Waals surface area contributed by atoms with E-state index in [4.69, 9.17) is 9.47 Å². The zero-order valence-corrected chi connectivity index (χ0v) is 16.1. The van der Waals surface area contributed by atoms with Gasteiger partial charge in [-0.2, -0.15) is 0 Å². The van der Waals surface area contributed by atoms with Crippen molar-refractivity contribution in [2.75, 3.05) is 13.2 Å². The molecule has 2 atom stereocenters. The number of phenols is 2. The summed E-state index contributed by atoms with van der Waals surface area (Å²) in [5.41, 5.74) is -2.50. The molecule has 4 N–H and O–H groups in total. The van der Waals surface area contributed by atoms with Crippen molar-refractivity contribution in [3.8, 4) is 11.5 Å². The van der Waals surface area contributed by atoms with Gasteiger partial charge in [-0.3, -0.25) is 9.59 Å². The number of ketones is 2. The van der Waals surface area contributed by atoms with Crippen LogP contribution in [0.2, 0.25) is 0 Å². The summed E-state index contributed by atoms with van der Waals surface area (Å²) < 4.78 is 11.1. The summed E-state index contributed by atoms with van der Waals surface area (Å²) in [5, 5.41) is 43.9. The lowest BCUT2D eigenvalue weighted by molar-refractivity contribution is -0.269. The molecule has 1 aliphatic heterocycles. The van der Waals surface area contributed by atoms with Crippen molar-refractivity contribution in [3.05, 3.63) is 57.6 Å². The van der Waals surface area contributed by atoms with Gasteiger partial charge in [0.1, 0.15) is 17.1 Å². The molecule has 2 aliphatic carbocycles. The first-order valence-electron chi connectivity index (χ1n) is 9.57. The molecular formula is C22H19O8. The van der Waals surface area contributed by atoms with Crippen LogP contribution in [0.25, 0.3) is 0 Å². The van der Waals surface area contributed by atoms with Crippen LogP contribution in [0.5, 0.6) is 11.5 Å². The summed E-state index contributed by atoms with van der Waals surface area (Å²) in [7, 11) is 0. The summed E-state index contributed by atoms with van der Waals surface area (Å²) >= 11 is 0. The highest BCUT2D eigenvalue weighted by atomic mass is 16.7. The number of carbonyl (C=O) groups is 2. The smallest absolute Gasteiger partial charge is 0.199 e. The van der Waals surface area contributed by atoms with Crippen molar-refractivity contribution in [1.29, 1.82) is 0 Å². The Balaban J connectivity index is 1.73. The highest BCUT2D eigenvalue weighted by Crippen LogP contribution is 2.53. The Labute approximate surface area is 171 Å². The van der Waals surface area contributed by atoms with E-state index in [2.05, 4.69) is 6.07 Å². The number of hydrogen-bond donors (Lipinski definition) is 4. The van der Waals surface area contributed by atoms with E-state index in [1.807, 2.05) is 0 Å². The average Bonchev–Trinajstić information content (AvgIpc) is 3.17. The standard InChI is InChI=1S/C22H19O8/c1-21(29-6-7-30-21)22(28)8-12-14(13(23)9-22)20(27)16-15(19(12)26)17(24)10-4-2-3-5-11(10)18(16)25/h2-4,13,23,26-28H,6-9H2,1H3/t13-,22-/m0/s1. The molecule has 0 unspecified atom stereocenters. The van der Waals surface area contributed by atoms with E-state index in [1.54, 1.807) is 6.07 Å². The third-order valence-corrected chi connectivity index (χ3v) is 6.39. The van der Waals surface area contributed by atoms with E-state index in [-0.39, 0.29) is 59.4 Å². The summed E-state index contributed by atoms with van der Waals surface area (Å²) in [4.78, 5) is 26.0. The largest absolute Gasteiger partial charge is 0.507 e. The van der Waals surface area contributed by atoms with E-state index in [0.29, 0.717) is 0 Å². The number of aliphatic hydroxyl groups is 2. The molecule has 2 aromatic carbocycles. The Morgan fingerprint density at radius 1 is 1.10 bits per heavy atom. The highest BCUT2D eigenvalue weighted by Gasteiger charge is 2.56. The van der Waals surface area contributed by atoms with Crippen LogP contribution in [0.4, 0.5) is 0 Å². The first kappa shape index (κ1) is 19.2. The normalized spacial score (nSPS) is 26.8. The van der Waals surface area contributed by atoms with Crippen LogP contribution in [0.15, 0.2) is 18.2 Å². The summed E-state index contributed by atoms with van der Waals surface area (Å²) in [6.07, 6.45) is -1.94. The maximum Gasteiger partial charge on any atom is 0.199 e. The van der Waals surface area contributed by atoms with Crippen LogP contribution in [0.3, 0.4) is 0 Å². The van der Waals surface area contributed by atoms with Crippen LogP contribution in [0.1, 0.15) is 62.4 Å². The van der Waals surface area contributed by atoms with Crippen molar-refractivity contribution in [1.82, 2.24) is 0 Å². The van der Waals surface area contributed by atoms with Crippen molar-refractivity contribution in [2.24, 2.45) is 0 Å². The zero-order valence-electron chi connectivity index (χ0n) is 16.1. The Kier molecular flexibility index (Phi) is 3.91.